The quantitative estimate of drug-likeness (QED) is 0.905. The minimum absolute atomic E-state index is 0.105. The van der Waals surface area contributed by atoms with Gasteiger partial charge in [0.1, 0.15) is 0 Å². The molecule has 0 radical (unpaired) electrons. The maximum absolute atomic E-state index is 12.6. The molecule has 3 rings (SSSR count). The van der Waals surface area contributed by atoms with E-state index in [9.17, 15) is 4.79 Å². The average molecular weight is 300 g/mol. The minimum atomic E-state index is -0.105. The predicted molar refractivity (Wildman–Crippen MR) is 82.4 cm³/mol. The Hall–Kier alpha value is -2.21. The maximum atomic E-state index is 12.6. The number of nitrogens with one attached hydrogen (secondary N) is 2. The van der Waals surface area contributed by atoms with Crippen molar-refractivity contribution in [3.63, 3.8) is 0 Å². The van der Waals surface area contributed by atoms with Gasteiger partial charge in [-0.25, -0.2) is 0 Å². The second-order valence-corrected chi connectivity index (χ2v) is 5.66. The lowest BCUT2D eigenvalue weighted by Gasteiger charge is -2.30. The van der Waals surface area contributed by atoms with E-state index >= 15 is 0 Å². The third-order valence-electron chi connectivity index (χ3n) is 4.01. The number of hydrogen-bond acceptors (Lipinski definition) is 5. The third-order valence-corrected chi connectivity index (χ3v) is 4.01. The SMILES string of the molecule is Cc1noc(-c2ccccc2C(=O)NC2CCCNC2C)n1. The Labute approximate surface area is 129 Å². The van der Waals surface area contributed by atoms with Gasteiger partial charge in [0, 0.05) is 12.1 Å². The van der Waals surface area contributed by atoms with E-state index in [4.69, 9.17) is 4.52 Å². The summed E-state index contributed by atoms with van der Waals surface area (Å²) >= 11 is 0. The van der Waals surface area contributed by atoms with Crippen LogP contribution >= 0.6 is 0 Å². The van der Waals surface area contributed by atoms with Crippen LogP contribution in [0.2, 0.25) is 0 Å². The van der Waals surface area contributed by atoms with Crippen LogP contribution in [0.25, 0.3) is 11.5 Å². The molecule has 0 saturated carbocycles. The van der Waals surface area contributed by atoms with Gasteiger partial charge < -0.3 is 15.2 Å². The van der Waals surface area contributed by atoms with Crippen LogP contribution in [0.3, 0.4) is 0 Å². The second kappa shape index (κ2) is 6.27. The lowest BCUT2D eigenvalue weighted by molar-refractivity contribution is 0.0920. The Kier molecular flexibility index (Phi) is 4.20. The smallest absolute Gasteiger partial charge is 0.258 e. The Balaban J connectivity index is 1.83. The van der Waals surface area contributed by atoms with Gasteiger partial charge in [0.25, 0.3) is 11.8 Å². The molecule has 1 aliphatic rings. The van der Waals surface area contributed by atoms with Crippen molar-refractivity contribution in [1.82, 2.24) is 20.8 Å². The Morgan fingerprint density at radius 3 is 2.95 bits per heavy atom. The van der Waals surface area contributed by atoms with Crippen molar-refractivity contribution in [2.24, 2.45) is 0 Å². The molecule has 0 spiro atoms. The summed E-state index contributed by atoms with van der Waals surface area (Å²) in [7, 11) is 0. The van der Waals surface area contributed by atoms with Crippen molar-refractivity contribution in [2.45, 2.75) is 38.8 Å². The number of rotatable bonds is 3. The van der Waals surface area contributed by atoms with Gasteiger partial charge in [-0.1, -0.05) is 17.3 Å². The third kappa shape index (κ3) is 3.01. The summed E-state index contributed by atoms with van der Waals surface area (Å²) in [4.78, 5) is 16.8. The van der Waals surface area contributed by atoms with E-state index in [1.807, 2.05) is 18.2 Å². The summed E-state index contributed by atoms with van der Waals surface area (Å²) in [5.41, 5.74) is 1.22. The monoisotopic (exact) mass is 300 g/mol. The summed E-state index contributed by atoms with van der Waals surface area (Å²) < 4.78 is 5.20. The summed E-state index contributed by atoms with van der Waals surface area (Å²) in [6.07, 6.45) is 2.06. The van der Waals surface area contributed by atoms with Crippen LogP contribution < -0.4 is 10.6 Å². The molecule has 1 saturated heterocycles. The van der Waals surface area contributed by atoms with Crippen molar-refractivity contribution in [3.05, 3.63) is 35.7 Å². The van der Waals surface area contributed by atoms with Gasteiger partial charge in [0.15, 0.2) is 5.82 Å². The van der Waals surface area contributed by atoms with Crippen LogP contribution in [0.5, 0.6) is 0 Å². The fourth-order valence-electron chi connectivity index (χ4n) is 2.76. The van der Waals surface area contributed by atoms with Gasteiger partial charge in [0.05, 0.1) is 11.1 Å². The first-order valence-corrected chi connectivity index (χ1v) is 7.59. The summed E-state index contributed by atoms with van der Waals surface area (Å²) in [5.74, 6) is 0.820. The molecule has 2 heterocycles. The van der Waals surface area contributed by atoms with Gasteiger partial charge in [0.2, 0.25) is 0 Å². The number of aryl methyl sites for hydroxylation is 1. The molecule has 2 atom stereocenters. The lowest BCUT2D eigenvalue weighted by Crippen LogP contribution is -2.51. The fourth-order valence-corrected chi connectivity index (χ4v) is 2.76. The van der Waals surface area contributed by atoms with Crippen LogP contribution in [0.1, 0.15) is 35.9 Å². The first-order chi connectivity index (χ1) is 10.6. The topological polar surface area (TPSA) is 80.0 Å². The number of hydrogen-bond donors (Lipinski definition) is 2. The minimum Gasteiger partial charge on any atom is -0.348 e. The Bertz CT molecular complexity index is 668. The van der Waals surface area contributed by atoms with E-state index in [1.165, 1.54) is 0 Å². The maximum Gasteiger partial charge on any atom is 0.258 e. The highest BCUT2D eigenvalue weighted by atomic mass is 16.5. The molecule has 1 aromatic carbocycles. The summed E-state index contributed by atoms with van der Waals surface area (Å²) in [5, 5.41) is 10.3. The van der Waals surface area contributed by atoms with Gasteiger partial charge in [-0.2, -0.15) is 4.98 Å². The molecule has 6 nitrogen and oxygen atoms in total. The van der Waals surface area contributed by atoms with E-state index in [0.717, 1.165) is 19.4 Å². The molecule has 1 amide bonds. The van der Waals surface area contributed by atoms with Crippen molar-refractivity contribution >= 4 is 5.91 Å². The summed E-state index contributed by atoms with van der Waals surface area (Å²) in [6.45, 7) is 4.85. The molecule has 1 aliphatic heterocycles. The van der Waals surface area contributed by atoms with Crippen LogP contribution in [0, 0.1) is 6.92 Å². The normalized spacial score (nSPS) is 21.5. The van der Waals surface area contributed by atoms with Gasteiger partial charge >= 0.3 is 0 Å². The number of carbonyl (C=O) groups is 1. The molecule has 1 fully saturated rings. The molecule has 0 bridgehead atoms. The van der Waals surface area contributed by atoms with Gasteiger partial charge in [-0.05, 0) is 45.4 Å². The number of aromatic nitrogens is 2. The van der Waals surface area contributed by atoms with Gasteiger partial charge in [-0.15, -0.1) is 0 Å². The highest BCUT2D eigenvalue weighted by Crippen LogP contribution is 2.22. The van der Waals surface area contributed by atoms with E-state index in [2.05, 4.69) is 27.7 Å². The average Bonchev–Trinajstić information content (AvgIpc) is 2.96. The zero-order valence-electron chi connectivity index (χ0n) is 12.8. The summed E-state index contributed by atoms with van der Waals surface area (Å²) in [6, 6.07) is 7.71. The number of carbonyl (C=O) groups excluding carboxylic acids is 1. The van der Waals surface area contributed by atoms with Crippen molar-refractivity contribution in [2.75, 3.05) is 6.54 Å². The van der Waals surface area contributed by atoms with Crippen molar-refractivity contribution in [3.8, 4) is 11.5 Å². The highest BCUT2D eigenvalue weighted by Gasteiger charge is 2.24. The van der Waals surface area contributed by atoms with Crippen LogP contribution in [-0.2, 0) is 0 Å². The molecule has 0 aliphatic carbocycles. The molecule has 2 aromatic rings. The fraction of sp³-hybridized carbons (Fsp3) is 0.438. The van der Waals surface area contributed by atoms with Crippen molar-refractivity contribution < 1.29 is 9.32 Å². The van der Waals surface area contributed by atoms with Crippen LogP contribution in [0.15, 0.2) is 28.8 Å². The van der Waals surface area contributed by atoms with E-state index in [0.29, 0.717) is 22.8 Å². The Morgan fingerprint density at radius 2 is 2.23 bits per heavy atom. The van der Waals surface area contributed by atoms with E-state index in [1.54, 1.807) is 13.0 Å². The second-order valence-electron chi connectivity index (χ2n) is 5.66. The lowest BCUT2D eigenvalue weighted by atomic mass is 9.98. The standard InChI is InChI=1S/C16H20N4O2/c1-10-14(8-5-9-17-10)19-15(21)12-6-3-4-7-13(12)16-18-11(2)20-22-16/h3-4,6-7,10,14,17H,5,8-9H2,1-2H3,(H,19,21). The molecule has 2 unspecified atom stereocenters. The number of nitrogens with zero attached hydrogens (tertiary/aromatic N) is 2. The zero-order valence-corrected chi connectivity index (χ0v) is 12.8. The highest BCUT2D eigenvalue weighted by molar-refractivity contribution is 6.00. The number of amides is 1. The van der Waals surface area contributed by atoms with Gasteiger partial charge in [-0.3, -0.25) is 4.79 Å². The molecule has 22 heavy (non-hydrogen) atoms. The van der Waals surface area contributed by atoms with Crippen LogP contribution in [0.4, 0.5) is 0 Å². The molecule has 2 N–H and O–H groups in total. The van der Waals surface area contributed by atoms with E-state index < -0.39 is 0 Å². The molecule has 1 aromatic heterocycles. The molecular weight excluding hydrogens is 280 g/mol. The van der Waals surface area contributed by atoms with E-state index in [-0.39, 0.29) is 18.0 Å². The first-order valence-electron chi connectivity index (χ1n) is 7.59. The largest absolute Gasteiger partial charge is 0.348 e. The molecule has 6 heteroatoms. The molecular formula is C16H20N4O2. The first kappa shape index (κ1) is 14.7. The zero-order chi connectivity index (χ0) is 15.5. The Morgan fingerprint density at radius 1 is 1.41 bits per heavy atom. The van der Waals surface area contributed by atoms with Crippen molar-refractivity contribution in [1.29, 1.82) is 0 Å². The number of piperidine rings is 1. The number of benzene rings is 1. The predicted octanol–water partition coefficient (Wildman–Crippen LogP) is 1.92. The van der Waals surface area contributed by atoms with Crippen LogP contribution in [-0.4, -0.2) is 34.7 Å². The molecule has 116 valence electrons.